The maximum absolute atomic E-state index is 10.2. The SMILES string of the molecule is Cn1c([C@@H]2O[C@H](CO)[C@@H](O)[C@H]2O)nc2ccccc21.O=P([O-])([O-])OP(=O)([O-])OP(=O)(O)O.[NH4+].[NH4+].[NH4+]. The first-order valence-electron chi connectivity index (χ1n) is 8.40. The van der Waals surface area contributed by atoms with Gasteiger partial charge in [-0.25, -0.2) is 13.9 Å². The fourth-order valence-electron chi connectivity index (χ4n) is 2.80. The average molecular weight is 573 g/mol. The Morgan fingerprint density at radius 2 is 1.57 bits per heavy atom. The van der Waals surface area contributed by atoms with Gasteiger partial charge in [-0.1, -0.05) is 12.1 Å². The third-order valence-electron chi connectivity index (χ3n) is 4.02. The molecule has 1 aliphatic rings. The lowest BCUT2D eigenvalue weighted by atomic mass is 10.1. The second-order valence-electron chi connectivity index (χ2n) is 6.32. The molecular weight excluding hydrogens is 543 g/mol. The molecule has 2 heterocycles. The van der Waals surface area contributed by atoms with Crippen LogP contribution in [-0.2, 0) is 34.1 Å². The summed E-state index contributed by atoms with van der Waals surface area (Å²) in [7, 11) is -15.4. The van der Waals surface area contributed by atoms with Gasteiger partial charge in [0.2, 0.25) is 0 Å². The molecule has 1 fully saturated rings. The number of aromatic nitrogens is 2. The van der Waals surface area contributed by atoms with Gasteiger partial charge in [0, 0.05) is 7.05 Å². The van der Waals surface area contributed by atoms with E-state index in [-0.39, 0.29) is 25.1 Å². The number of quaternary nitrogens is 3. The standard InChI is InChI=1S/C13H16N2O4.3H3N.H5O10P3/c1-15-8-5-3-2-4-7(8)14-13(15)12-11(18)10(17)9(6-16)19-12;;;;1-11(2,3)9-13(7,8)10-12(4,5)6/h2-5,9-12,16-18H,6H2,1H3;3*1H3;(H,7,8)(H2,1,2,3)(H2,4,5,6)/t9-,10-,11-,12-;;;;/m1..../s1. The highest BCUT2D eigenvalue weighted by atomic mass is 31.3. The Bertz CT molecular complexity index is 1060. The van der Waals surface area contributed by atoms with Crippen LogP contribution in [0.3, 0.4) is 0 Å². The number of hydrogen-bond donors (Lipinski definition) is 8. The molecule has 1 aromatic heterocycles. The van der Waals surface area contributed by atoms with Crippen molar-refractivity contribution in [3.8, 4) is 0 Å². The van der Waals surface area contributed by atoms with Crippen LogP contribution >= 0.6 is 23.5 Å². The van der Waals surface area contributed by atoms with Crippen molar-refractivity contribution >= 4 is 34.5 Å². The predicted molar refractivity (Wildman–Crippen MR) is 115 cm³/mol. The molecule has 0 amide bonds. The van der Waals surface area contributed by atoms with E-state index in [1.54, 1.807) is 0 Å². The van der Waals surface area contributed by atoms with E-state index in [1.165, 1.54) is 0 Å². The van der Waals surface area contributed by atoms with Gasteiger partial charge in [0.25, 0.3) is 7.82 Å². The molecule has 1 aromatic carbocycles. The molecule has 0 bridgehead atoms. The van der Waals surface area contributed by atoms with Gasteiger partial charge in [-0.05, 0) is 12.1 Å². The van der Waals surface area contributed by atoms with Gasteiger partial charge in [0.15, 0.2) is 0 Å². The molecule has 0 radical (unpaired) electrons. The van der Waals surface area contributed by atoms with Gasteiger partial charge in [0.05, 0.1) is 25.5 Å². The quantitative estimate of drug-likeness (QED) is 0.178. The number of ether oxygens (including phenoxy) is 1. The molecule has 19 nitrogen and oxygen atoms in total. The van der Waals surface area contributed by atoms with Crippen molar-refractivity contribution in [2.24, 2.45) is 7.05 Å². The van der Waals surface area contributed by atoms with Crippen molar-refractivity contribution < 1.29 is 66.8 Å². The number of benzene rings is 1. The lowest BCUT2D eigenvalue weighted by molar-refractivity contribution is -0.339. The number of aryl methyl sites for hydroxylation is 1. The summed E-state index contributed by atoms with van der Waals surface area (Å²) in [6.45, 7) is -0.335. The molecule has 0 spiro atoms. The molecule has 0 aliphatic carbocycles. The molecule has 2 aromatic rings. The zero-order chi connectivity index (χ0) is 24.5. The number of hydrogen-bond acceptors (Lipinski definition) is 13. The summed E-state index contributed by atoms with van der Waals surface area (Å²) in [6.07, 6.45) is -3.70. The summed E-state index contributed by atoms with van der Waals surface area (Å²) in [5, 5.41) is 28.9. The summed E-state index contributed by atoms with van der Waals surface area (Å²) < 4.78 is 42.6. The molecule has 0 saturated carbocycles. The largest absolute Gasteiger partial charge is 0.790 e. The number of imidazole rings is 1. The topological polar surface area (TPSA) is 377 Å². The van der Waals surface area contributed by atoms with E-state index in [4.69, 9.17) is 19.6 Å². The maximum Gasteiger partial charge on any atom is 0.476 e. The van der Waals surface area contributed by atoms with Crippen LogP contribution in [0.4, 0.5) is 0 Å². The lowest BCUT2D eigenvalue weighted by Crippen LogP contribution is -2.32. The number of nitrogens with zero attached hydrogens (tertiary/aromatic N) is 2. The molecule has 1 unspecified atom stereocenters. The van der Waals surface area contributed by atoms with E-state index in [1.807, 2.05) is 35.9 Å². The normalized spacial score (nSPS) is 23.7. The van der Waals surface area contributed by atoms with E-state index in [2.05, 4.69) is 13.6 Å². The van der Waals surface area contributed by atoms with Crippen LogP contribution in [0.1, 0.15) is 11.9 Å². The molecule has 5 atom stereocenters. The van der Waals surface area contributed by atoms with Crippen molar-refractivity contribution in [2.75, 3.05) is 6.61 Å². The van der Waals surface area contributed by atoms with E-state index in [0.717, 1.165) is 11.0 Å². The molecule has 1 aliphatic heterocycles. The molecule has 17 N–H and O–H groups in total. The maximum atomic E-state index is 10.2. The zero-order valence-corrected chi connectivity index (χ0v) is 21.7. The molecule has 35 heavy (non-hydrogen) atoms. The van der Waals surface area contributed by atoms with Crippen LogP contribution < -0.4 is 33.1 Å². The van der Waals surface area contributed by atoms with Gasteiger partial charge in [-0.3, -0.25) is 8.88 Å². The fourth-order valence-corrected chi connectivity index (χ4v) is 5.21. The third-order valence-corrected chi connectivity index (χ3v) is 7.28. The Kier molecular flexibility index (Phi) is 13.8. The van der Waals surface area contributed by atoms with Crippen LogP contribution in [0.25, 0.3) is 11.0 Å². The van der Waals surface area contributed by atoms with Gasteiger partial charge in [0.1, 0.15) is 30.2 Å². The summed E-state index contributed by atoms with van der Waals surface area (Å²) in [4.78, 5) is 49.8. The fraction of sp³-hybridized carbons (Fsp3) is 0.462. The summed E-state index contributed by atoms with van der Waals surface area (Å²) in [5.41, 5.74) is 1.73. The van der Waals surface area contributed by atoms with E-state index >= 15 is 0 Å². The second kappa shape index (κ2) is 13.4. The number of para-hydroxylation sites is 2. The highest BCUT2D eigenvalue weighted by Crippen LogP contribution is 2.59. The number of fused-ring (bicyclic) bond motifs is 1. The molecular formula is C13H30N5O14P3. The average Bonchev–Trinajstić information content (AvgIpc) is 3.09. The Morgan fingerprint density at radius 1 is 1.03 bits per heavy atom. The van der Waals surface area contributed by atoms with E-state index in [9.17, 15) is 38.6 Å². The van der Waals surface area contributed by atoms with Crippen molar-refractivity contribution in [2.45, 2.75) is 24.4 Å². The summed E-state index contributed by atoms with van der Waals surface area (Å²) >= 11 is 0. The van der Waals surface area contributed by atoms with Crippen molar-refractivity contribution in [1.29, 1.82) is 0 Å². The van der Waals surface area contributed by atoms with Crippen molar-refractivity contribution in [3.63, 3.8) is 0 Å². The minimum atomic E-state index is -5.92. The molecule has 1 saturated heterocycles. The van der Waals surface area contributed by atoms with E-state index < -0.39 is 47.9 Å². The predicted octanol–water partition coefficient (Wildman–Crippen LogP) is -1.73. The van der Waals surface area contributed by atoms with Gasteiger partial charge >= 0.3 is 7.82 Å². The first-order chi connectivity index (χ1) is 14.5. The molecule has 3 rings (SSSR count). The second-order valence-corrected chi connectivity index (χ2v) is 10.4. The van der Waals surface area contributed by atoms with Crippen molar-refractivity contribution in [3.05, 3.63) is 30.1 Å². The highest BCUT2D eigenvalue weighted by molar-refractivity contribution is 7.65. The third kappa shape index (κ3) is 10.0. The Labute approximate surface area is 198 Å². The Hall–Kier alpha value is -1.18. The first kappa shape index (κ1) is 36.0. The van der Waals surface area contributed by atoms with Crippen LogP contribution in [-0.4, -0.2) is 59.6 Å². The Morgan fingerprint density at radius 3 is 2.00 bits per heavy atom. The highest BCUT2D eigenvalue weighted by Gasteiger charge is 2.45. The number of aliphatic hydroxyl groups excluding tert-OH is 3. The van der Waals surface area contributed by atoms with Gasteiger partial charge in [-0.2, -0.15) is 0 Å². The summed E-state index contributed by atoms with van der Waals surface area (Å²) in [5.74, 6) is 0.545. The number of rotatable bonds is 6. The minimum Gasteiger partial charge on any atom is -0.790 e. The Balaban J connectivity index is 0. The lowest BCUT2D eigenvalue weighted by Gasteiger charge is -2.34. The summed E-state index contributed by atoms with van der Waals surface area (Å²) in [6, 6.07) is 7.59. The number of aliphatic hydroxyl groups is 3. The van der Waals surface area contributed by atoms with E-state index in [0.29, 0.717) is 5.82 Å². The smallest absolute Gasteiger partial charge is 0.476 e. The van der Waals surface area contributed by atoms with Crippen LogP contribution in [0.2, 0.25) is 0 Å². The van der Waals surface area contributed by atoms with Gasteiger partial charge in [-0.15, -0.1) is 0 Å². The minimum absolute atomic E-state index is 0. The monoisotopic (exact) mass is 573 g/mol. The first-order valence-corrected chi connectivity index (χ1v) is 12.8. The van der Waals surface area contributed by atoms with Crippen LogP contribution in [0.5, 0.6) is 0 Å². The van der Waals surface area contributed by atoms with Crippen LogP contribution in [0, 0.1) is 0 Å². The van der Waals surface area contributed by atoms with Gasteiger partial charge < -0.3 is 72.1 Å². The molecule has 206 valence electrons. The van der Waals surface area contributed by atoms with Crippen molar-refractivity contribution in [1.82, 2.24) is 28.0 Å². The number of phosphoric acid groups is 3. The van der Waals surface area contributed by atoms with Crippen LogP contribution in [0.15, 0.2) is 24.3 Å². The molecule has 22 heteroatoms. The zero-order valence-electron chi connectivity index (χ0n) is 19.0.